The van der Waals surface area contributed by atoms with Gasteiger partial charge in [0.1, 0.15) is 16.9 Å². The molecule has 1 aromatic carbocycles. The number of amides is 1. The van der Waals surface area contributed by atoms with Crippen LogP contribution in [0.15, 0.2) is 18.2 Å². The molecule has 0 radical (unpaired) electrons. The van der Waals surface area contributed by atoms with Crippen LogP contribution in [0.25, 0.3) is 0 Å². The Labute approximate surface area is 152 Å². The van der Waals surface area contributed by atoms with Gasteiger partial charge in [0.25, 0.3) is 5.91 Å². The number of benzene rings is 1. The van der Waals surface area contributed by atoms with Crippen molar-refractivity contribution in [2.45, 2.75) is 32.4 Å². The van der Waals surface area contributed by atoms with Crippen LogP contribution in [0.5, 0.6) is 5.75 Å². The highest BCUT2D eigenvalue weighted by Crippen LogP contribution is 2.43. The van der Waals surface area contributed by atoms with Crippen LogP contribution in [0.3, 0.4) is 0 Å². The molecule has 2 aromatic rings. The summed E-state index contributed by atoms with van der Waals surface area (Å²) in [6, 6.07) is 5.41. The second-order valence-corrected chi connectivity index (χ2v) is 8.66. The van der Waals surface area contributed by atoms with Gasteiger partial charge in [-0.2, -0.15) is 0 Å². The van der Waals surface area contributed by atoms with Crippen LogP contribution in [0, 0.1) is 9.49 Å². The summed E-state index contributed by atoms with van der Waals surface area (Å²) < 4.78 is 1.02. The molecule has 0 unspecified atom stereocenters. The fourth-order valence-corrected chi connectivity index (χ4v) is 5.33. The summed E-state index contributed by atoms with van der Waals surface area (Å²) in [5, 5.41) is 17.5. The van der Waals surface area contributed by atoms with Gasteiger partial charge in [0, 0.05) is 14.0 Å². The number of aromatic hydroxyl groups is 1. The minimum atomic E-state index is -0.387. The molecular formula is C17H17IN2O2S. The third-order valence-corrected chi connectivity index (χ3v) is 6.45. The minimum Gasteiger partial charge on any atom is -0.508 e. The van der Waals surface area contributed by atoms with E-state index in [4.69, 9.17) is 0 Å². The molecule has 2 aliphatic rings. The van der Waals surface area contributed by atoms with Gasteiger partial charge in [0.2, 0.25) is 0 Å². The highest BCUT2D eigenvalue weighted by Gasteiger charge is 2.33. The topological polar surface area (TPSA) is 61.4 Å². The molecule has 1 aromatic heterocycles. The maximum atomic E-state index is 12.7. The third kappa shape index (κ3) is 2.61. The predicted molar refractivity (Wildman–Crippen MR) is 100 cm³/mol. The van der Waals surface area contributed by atoms with Crippen molar-refractivity contribution in [1.29, 1.82) is 0 Å². The van der Waals surface area contributed by atoms with Crippen LogP contribution in [-0.2, 0) is 12.8 Å². The van der Waals surface area contributed by atoms with E-state index in [1.165, 1.54) is 10.4 Å². The first-order valence-corrected chi connectivity index (χ1v) is 9.63. The number of nitrogens with one attached hydrogen (secondary N) is 2. The summed E-state index contributed by atoms with van der Waals surface area (Å²) in [5.74, 6) is 0.844. The molecule has 120 valence electrons. The Kier molecular flexibility index (Phi) is 3.76. The quantitative estimate of drug-likeness (QED) is 0.587. The number of carbonyl (C=O) groups excluding carboxylic acids is 1. The van der Waals surface area contributed by atoms with Gasteiger partial charge in [-0.3, -0.25) is 4.79 Å². The number of phenols is 1. The lowest BCUT2D eigenvalue weighted by Crippen LogP contribution is -2.38. The van der Waals surface area contributed by atoms with Crippen LogP contribution in [0.2, 0.25) is 0 Å². The van der Waals surface area contributed by atoms with Gasteiger partial charge in [0.05, 0.1) is 5.56 Å². The lowest BCUT2D eigenvalue weighted by molar-refractivity contribution is 0.0935. The van der Waals surface area contributed by atoms with Gasteiger partial charge in [0.15, 0.2) is 0 Å². The minimum absolute atomic E-state index is 0.0333. The molecule has 1 amide bonds. The van der Waals surface area contributed by atoms with E-state index >= 15 is 0 Å². The average molecular weight is 440 g/mol. The van der Waals surface area contributed by atoms with Crippen molar-refractivity contribution in [2.24, 2.45) is 5.92 Å². The van der Waals surface area contributed by atoms with E-state index in [9.17, 15) is 9.90 Å². The van der Waals surface area contributed by atoms with E-state index in [2.05, 4.69) is 40.1 Å². The fourth-order valence-electron chi connectivity index (χ4n) is 3.38. The van der Waals surface area contributed by atoms with Crippen molar-refractivity contribution < 1.29 is 9.90 Å². The molecule has 0 saturated heterocycles. The number of fused-ring (bicyclic) bond motifs is 3. The van der Waals surface area contributed by atoms with Crippen LogP contribution in [-0.4, -0.2) is 11.0 Å². The van der Waals surface area contributed by atoms with Gasteiger partial charge in [-0.1, -0.05) is 6.92 Å². The average Bonchev–Trinajstić information content (AvgIpc) is 2.87. The summed E-state index contributed by atoms with van der Waals surface area (Å²) in [6.07, 6.45) is 2.80. The van der Waals surface area contributed by atoms with Crippen molar-refractivity contribution in [3.05, 3.63) is 43.3 Å². The van der Waals surface area contributed by atoms with Gasteiger partial charge in [-0.15, -0.1) is 11.3 Å². The van der Waals surface area contributed by atoms with Crippen LogP contribution >= 0.6 is 33.9 Å². The molecule has 0 fully saturated rings. The van der Waals surface area contributed by atoms with Gasteiger partial charge < -0.3 is 15.7 Å². The standard InChI is InChI=1S/C17H17IN2O2S/c1-8-2-4-10-13(6-8)23-17-14(10)16(22)19-15(20-17)11-7-9(18)3-5-12(11)21/h3,5,7-8,15,20-21H,2,4,6H2,1H3,(H,19,22)/t8-,15+/m1/s1. The normalized spacial score (nSPS) is 22.8. The Hall–Kier alpha value is -1.28. The number of carbonyl (C=O) groups is 1. The maximum absolute atomic E-state index is 12.7. The fraction of sp³-hybridized carbons (Fsp3) is 0.353. The second-order valence-electron chi connectivity index (χ2n) is 6.31. The molecular weight excluding hydrogens is 423 g/mol. The highest BCUT2D eigenvalue weighted by molar-refractivity contribution is 14.1. The zero-order valence-corrected chi connectivity index (χ0v) is 15.6. The van der Waals surface area contributed by atoms with Gasteiger partial charge in [-0.25, -0.2) is 0 Å². The summed E-state index contributed by atoms with van der Waals surface area (Å²) in [6.45, 7) is 2.27. The predicted octanol–water partition coefficient (Wildman–Crippen LogP) is 4.04. The Morgan fingerprint density at radius 2 is 2.17 bits per heavy atom. The molecule has 0 saturated carbocycles. The third-order valence-electron chi connectivity index (χ3n) is 4.59. The van der Waals surface area contributed by atoms with E-state index in [1.807, 2.05) is 12.1 Å². The first-order chi connectivity index (χ1) is 11.0. The number of hydrogen-bond acceptors (Lipinski definition) is 4. The number of anilines is 1. The molecule has 4 rings (SSSR count). The van der Waals surface area contributed by atoms with E-state index in [-0.39, 0.29) is 17.8 Å². The lowest BCUT2D eigenvalue weighted by Gasteiger charge is -2.27. The van der Waals surface area contributed by atoms with Crippen molar-refractivity contribution in [1.82, 2.24) is 5.32 Å². The number of phenolic OH excluding ortho intramolecular Hbond substituents is 1. The first-order valence-electron chi connectivity index (χ1n) is 7.73. The SMILES string of the molecule is C[C@@H]1CCc2c(sc3c2C(=O)N[C@H](c2cc(I)ccc2O)N3)C1. The largest absolute Gasteiger partial charge is 0.508 e. The van der Waals surface area contributed by atoms with Gasteiger partial charge in [-0.05, 0) is 71.5 Å². The molecule has 23 heavy (non-hydrogen) atoms. The smallest absolute Gasteiger partial charge is 0.256 e. The molecule has 0 spiro atoms. The zero-order chi connectivity index (χ0) is 16.1. The molecule has 3 N–H and O–H groups in total. The van der Waals surface area contributed by atoms with Crippen molar-refractivity contribution >= 4 is 44.8 Å². The van der Waals surface area contributed by atoms with E-state index in [0.29, 0.717) is 11.5 Å². The second kappa shape index (κ2) is 5.66. The molecule has 0 bridgehead atoms. The maximum Gasteiger partial charge on any atom is 0.256 e. The first kappa shape index (κ1) is 15.3. The van der Waals surface area contributed by atoms with Crippen molar-refractivity contribution in [3.63, 3.8) is 0 Å². The number of halogens is 1. The van der Waals surface area contributed by atoms with Crippen molar-refractivity contribution in [2.75, 3.05) is 5.32 Å². The summed E-state index contributed by atoms with van der Waals surface area (Å²) in [5.41, 5.74) is 2.74. The highest BCUT2D eigenvalue weighted by atomic mass is 127. The Balaban J connectivity index is 1.73. The molecule has 6 heteroatoms. The Bertz CT molecular complexity index is 802. The molecule has 1 aliphatic carbocycles. The van der Waals surface area contributed by atoms with Crippen LogP contribution in [0.4, 0.5) is 5.00 Å². The van der Waals surface area contributed by atoms with Crippen LogP contribution in [0.1, 0.15) is 45.9 Å². The summed E-state index contributed by atoms with van der Waals surface area (Å²) in [4.78, 5) is 14.0. The summed E-state index contributed by atoms with van der Waals surface area (Å²) in [7, 11) is 0. The number of rotatable bonds is 1. The van der Waals surface area contributed by atoms with Crippen LogP contribution < -0.4 is 10.6 Å². The Morgan fingerprint density at radius 3 is 3.00 bits per heavy atom. The number of hydrogen-bond donors (Lipinski definition) is 3. The Morgan fingerprint density at radius 1 is 1.35 bits per heavy atom. The lowest BCUT2D eigenvalue weighted by atomic mass is 9.88. The number of thiophene rings is 1. The molecule has 4 nitrogen and oxygen atoms in total. The molecule has 2 heterocycles. The summed E-state index contributed by atoms with van der Waals surface area (Å²) >= 11 is 3.90. The monoisotopic (exact) mass is 440 g/mol. The zero-order valence-electron chi connectivity index (χ0n) is 12.6. The van der Waals surface area contributed by atoms with E-state index in [1.54, 1.807) is 17.4 Å². The van der Waals surface area contributed by atoms with Gasteiger partial charge >= 0.3 is 0 Å². The van der Waals surface area contributed by atoms with E-state index < -0.39 is 0 Å². The van der Waals surface area contributed by atoms with Crippen molar-refractivity contribution in [3.8, 4) is 5.75 Å². The van der Waals surface area contributed by atoms with E-state index in [0.717, 1.165) is 33.4 Å². The molecule has 1 aliphatic heterocycles. The molecule has 2 atom stereocenters.